The Labute approximate surface area is 97.8 Å². The van der Waals surface area contributed by atoms with Gasteiger partial charge in [0.05, 0.1) is 17.4 Å². The monoisotopic (exact) mass is 241 g/mol. The van der Waals surface area contributed by atoms with Crippen molar-refractivity contribution >= 4 is 23.2 Å². The number of hydrogen-bond acceptors (Lipinski definition) is 4. The van der Waals surface area contributed by atoms with E-state index in [9.17, 15) is 4.79 Å². The van der Waals surface area contributed by atoms with E-state index in [1.807, 2.05) is 0 Å². The molecule has 5 nitrogen and oxygen atoms in total. The number of amides is 1. The molecule has 3 N–H and O–H groups in total. The van der Waals surface area contributed by atoms with E-state index in [2.05, 4.69) is 4.98 Å². The SMILES string of the molecule is Nc1cnc(Cl)c(C(=O)N2CC(CO)C2)c1. The number of nitrogens with zero attached hydrogens (tertiary/aromatic N) is 2. The van der Waals surface area contributed by atoms with Crippen molar-refractivity contribution in [1.29, 1.82) is 0 Å². The summed E-state index contributed by atoms with van der Waals surface area (Å²) >= 11 is 5.82. The fourth-order valence-corrected chi connectivity index (χ4v) is 1.82. The topological polar surface area (TPSA) is 79.5 Å². The van der Waals surface area contributed by atoms with E-state index in [4.69, 9.17) is 22.4 Å². The maximum atomic E-state index is 11.9. The van der Waals surface area contributed by atoms with Crippen LogP contribution in [0.4, 0.5) is 5.69 Å². The van der Waals surface area contributed by atoms with Crippen LogP contribution in [-0.2, 0) is 0 Å². The number of carbonyl (C=O) groups excluding carboxylic acids is 1. The van der Waals surface area contributed by atoms with Crippen LogP contribution in [-0.4, -0.2) is 40.6 Å². The molecule has 86 valence electrons. The molecule has 1 amide bonds. The maximum absolute atomic E-state index is 11.9. The lowest BCUT2D eigenvalue weighted by molar-refractivity contribution is 0.0362. The highest BCUT2D eigenvalue weighted by Gasteiger charge is 2.31. The Kier molecular flexibility index (Phi) is 2.98. The number of halogens is 1. The standard InChI is InChI=1S/C10H12ClN3O2/c11-9-8(1-7(12)2-13-9)10(16)14-3-6(4-14)5-15/h1-2,6,15H,3-5,12H2. The van der Waals surface area contributed by atoms with E-state index in [0.29, 0.717) is 24.3 Å². The summed E-state index contributed by atoms with van der Waals surface area (Å²) in [6, 6.07) is 1.52. The second-order valence-electron chi connectivity index (χ2n) is 3.87. The normalized spacial score (nSPS) is 16.0. The Morgan fingerprint density at radius 1 is 1.69 bits per heavy atom. The number of anilines is 1. The number of aliphatic hydroxyl groups excluding tert-OH is 1. The Morgan fingerprint density at radius 2 is 2.38 bits per heavy atom. The summed E-state index contributed by atoms with van der Waals surface area (Å²) in [7, 11) is 0. The number of rotatable bonds is 2. The van der Waals surface area contributed by atoms with Crippen LogP contribution >= 0.6 is 11.6 Å². The molecule has 1 saturated heterocycles. The lowest BCUT2D eigenvalue weighted by Gasteiger charge is -2.38. The van der Waals surface area contributed by atoms with Gasteiger partial charge in [-0.1, -0.05) is 11.6 Å². The number of carbonyl (C=O) groups is 1. The average molecular weight is 242 g/mol. The van der Waals surface area contributed by atoms with E-state index in [0.717, 1.165) is 0 Å². The fourth-order valence-electron chi connectivity index (χ4n) is 1.64. The van der Waals surface area contributed by atoms with Crippen molar-refractivity contribution in [2.75, 3.05) is 25.4 Å². The molecule has 2 rings (SSSR count). The third kappa shape index (κ3) is 1.96. The third-order valence-corrected chi connectivity index (χ3v) is 2.89. The summed E-state index contributed by atoms with van der Waals surface area (Å²) in [4.78, 5) is 17.4. The van der Waals surface area contributed by atoms with Crippen LogP contribution in [0.1, 0.15) is 10.4 Å². The molecule has 6 heteroatoms. The van der Waals surface area contributed by atoms with Crippen molar-refractivity contribution in [3.05, 3.63) is 23.0 Å². The minimum atomic E-state index is -0.186. The third-order valence-electron chi connectivity index (χ3n) is 2.59. The summed E-state index contributed by atoms with van der Waals surface area (Å²) in [6.07, 6.45) is 1.41. The lowest BCUT2D eigenvalue weighted by atomic mass is 10.0. The van der Waals surface area contributed by atoms with Crippen molar-refractivity contribution in [2.45, 2.75) is 0 Å². The quantitative estimate of drug-likeness (QED) is 0.734. The van der Waals surface area contributed by atoms with Crippen molar-refractivity contribution in [3.8, 4) is 0 Å². The summed E-state index contributed by atoms with van der Waals surface area (Å²) in [5, 5.41) is 9.02. The van der Waals surface area contributed by atoms with Gasteiger partial charge in [-0.05, 0) is 6.07 Å². The predicted molar refractivity (Wildman–Crippen MR) is 60.1 cm³/mol. The molecule has 1 aliphatic rings. The molecule has 0 bridgehead atoms. The van der Waals surface area contributed by atoms with Gasteiger partial charge in [0.1, 0.15) is 5.15 Å². The van der Waals surface area contributed by atoms with E-state index in [1.54, 1.807) is 4.90 Å². The number of pyridine rings is 1. The minimum Gasteiger partial charge on any atom is -0.397 e. The van der Waals surface area contributed by atoms with Crippen LogP contribution in [0.3, 0.4) is 0 Å². The Morgan fingerprint density at radius 3 is 3.00 bits per heavy atom. The number of aromatic nitrogens is 1. The van der Waals surface area contributed by atoms with Crippen LogP contribution in [0.2, 0.25) is 5.15 Å². The summed E-state index contributed by atoms with van der Waals surface area (Å²) < 4.78 is 0. The highest BCUT2D eigenvalue weighted by Crippen LogP contribution is 2.22. The van der Waals surface area contributed by atoms with Crippen LogP contribution in [0, 0.1) is 5.92 Å². The molecular weight excluding hydrogens is 230 g/mol. The van der Waals surface area contributed by atoms with Gasteiger partial charge >= 0.3 is 0 Å². The molecule has 0 saturated carbocycles. The van der Waals surface area contributed by atoms with Gasteiger partial charge in [-0.2, -0.15) is 0 Å². The average Bonchev–Trinajstić information content (AvgIpc) is 2.20. The first-order valence-corrected chi connectivity index (χ1v) is 5.30. The second-order valence-corrected chi connectivity index (χ2v) is 4.22. The first-order valence-electron chi connectivity index (χ1n) is 4.93. The van der Waals surface area contributed by atoms with Gasteiger partial charge in [0.2, 0.25) is 0 Å². The van der Waals surface area contributed by atoms with Crippen LogP contribution in [0.25, 0.3) is 0 Å². The van der Waals surface area contributed by atoms with Gasteiger partial charge in [0.25, 0.3) is 5.91 Å². The van der Waals surface area contributed by atoms with E-state index < -0.39 is 0 Å². The smallest absolute Gasteiger partial charge is 0.257 e. The van der Waals surface area contributed by atoms with Gasteiger partial charge in [-0.3, -0.25) is 4.79 Å². The number of aliphatic hydroxyl groups is 1. The zero-order valence-electron chi connectivity index (χ0n) is 8.56. The highest BCUT2D eigenvalue weighted by atomic mass is 35.5. The zero-order chi connectivity index (χ0) is 11.7. The summed E-state index contributed by atoms with van der Waals surface area (Å²) in [5.41, 5.74) is 6.27. The van der Waals surface area contributed by atoms with Gasteiger partial charge in [-0.15, -0.1) is 0 Å². The highest BCUT2D eigenvalue weighted by molar-refractivity contribution is 6.32. The minimum absolute atomic E-state index is 0.104. The first-order chi connectivity index (χ1) is 7.61. The van der Waals surface area contributed by atoms with Gasteiger partial charge in [0, 0.05) is 25.6 Å². The van der Waals surface area contributed by atoms with Crippen LogP contribution in [0.15, 0.2) is 12.3 Å². The number of likely N-dealkylation sites (tertiary alicyclic amines) is 1. The molecule has 0 atom stereocenters. The van der Waals surface area contributed by atoms with Crippen molar-refractivity contribution < 1.29 is 9.90 Å². The molecule has 1 aliphatic heterocycles. The second kappa shape index (κ2) is 4.27. The molecule has 0 spiro atoms. The number of nitrogens with two attached hydrogens (primary N) is 1. The summed E-state index contributed by atoms with van der Waals surface area (Å²) in [5.74, 6) is -0.00811. The first kappa shape index (κ1) is 11.2. The summed E-state index contributed by atoms with van der Waals surface area (Å²) in [6.45, 7) is 1.22. The van der Waals surface area contributed by atoms with Gasteiger partial charge in [0.15, 0.2) is 0 Å². The molecule has 0 aliphatic carbocycles. The van der Waals surface area contributed by atoms with Crippen LogP contribution < -0.4 is 5.73 Å². The maximum Gasteiger partial charge on any atom is 0.257 e. The molecule has 0 unspecified atom stereocenters. The largest absolute Gasteiger partial charge is 0.397 e. The Hall–Kier alpha value is -1.33. The van der Waals surface area contributed by atoms with Crippen LogP contribution in [0.5, 0.6) is 0 Å². The number of hydrogen-bond donors (Lipinski definition) is 2. The molecule has 0 radical (unpaired) electrons. The molecule has 1 fully saturated rings. The van der Waals surface area contributed by atoms with Gasteiger partial charge < -0.3 is 15.7 Å². The fraction of sp³-hybridized carbons (Fsp3) is 0.400. The van der Waals surface area contributed by atoms with Crippen molar-refractivity contribution in [1.82, 2.24) is 9.88 Å². The molecular formula is C10H12ClN3O2. The van der Waals surface area contributed by atoms with E-state index in [1.165, 1.54) is 12.3 Å². The Balaban J connectivity index is 2.13. The van der Waals surface area contributed by atoms with Crippen molar-refractivity contribution in [2.24, 2.45) is 5.92 Å². The molecule has 0 aromatic carbocycles. The van der Waals surface area contributed by atoms with Gasteiger partial charge in [-0.25, -0.2) is 4.98 Å². The molecule has 16 heavy (non-hydrogen) atoms. The molecule has 1 aromatic rings. The van der Waals surface area contributed by atoms with E-state index in [-0.39, 0.29) is 23.6 Å². The number of nitrogen functional groups attached to an aromatic ring is 1. The molecule has 2 heterocycles. The van der Waals surface area contributed by atoms with E-state index >= 15 is 0 Å². The Bertz CT molecular complexity index is 419. The van der Waals surface area contributed by atoms with Crippen molar-refractivity contribution in [3.63, 3.8) is 0 Å². The zero-order valence-corrected chi connectivity index (χ0v) is 9.31. The lowest BCUT2D eigenvalue weighted by Crippen LogP contribution is -2.51. The molecule has 1 aromatic heterocycles. The predicted octanol–water partition coefficient (Wildman–Crippen LogP) is 0.382.